The van der Waals surface area contributed by atoms with Gasteiger partial charge in [-0.2, -0.15) is 0 Å². The first-order valence-electron chi connectivity index (χ1n) is 2.99. The predicted molar refractivity (Wildman–Crippen MR) is 36.9 cm³/mol. The van der Waals surface area contributed by atoms with Crippen molar-refractivity contribution >= 4 is 12.0 Å². The number of carbonyl (C=O) groups is 2. The molecule has 0 atom stereocenters. The topological polar surface area (TPSA) is 75.6 Å². The molecular formula is C6H9NO4. The summed E-state index contributed by atoms with van der Waals surface area (Å²) in [5.74, 6) is -0.717. The van der Waals surface area contributed by atoms with Crippen molar-refractivity contribution in [3.63, 3.8) is 0 Å². The molecule has 0 aromatic rings. The third-order valence-corrected chi connectivity index (χ3v) is 0.712. The minimum absolute atomic E-state index is 0.441. The van der Waals surface area contributed by atoms with E-state index in [0.717, 1.165) is 12.3 Å². The molecule has 0 radical (unpaired) electrons. The highest BCUT2D eigenvalue weighted by Gasteiger charge is 1.98. The number of hydrogen-bond acceptors (Lipinski definition) is 3. The van der Waals surface area contributed by atoms with Gasteiger partial charge in [-0.1, -0.05) is 0 Å². The molecule has 0 aliphatic rings. The molecule has 5 heteroatoms. The van der Waals surface area contributed by atoms with Crippen LogP contribution in [0.15, 0.2) is 12.3 Å². The normalized spacial score (nSPS) is 9.55. The van der Waals surface area contributed by atoms with Gasteiger partial charge in [0.25, 0.3) is 5.91 Å². The van der Waals surface area contributed by atoms with Crippen molar-refractivity contribution < 1.29 is 19.4 Å². The van der Waals surface area contributed by atoms with Crippen LogP contribution in [0, 0.1) is 0 Å². The monoisotopic (exact) mass is 159 g/mol. The summed E-state index contributed by atoms with van der Waals surface area (Å²) in [7, 11) is 0. The summed E-state index contributed by atoms with van der Waals surface area (Å²) in [5, 5.41) is 9.65. The fraction of sp³-hybridized carbons (Fsp3) is 0.333. The van der Waals surface area contributed by atoms with E-state index in [0.29, 0.717) is 6.61 Å². The van der Waals surface area contributed by atoms with Crippen LogP contribution in [0.25, 0.3) is 0 Å². The Morgan fingerprint density at radius 1 is 1.64 bits per heavy atom. The predicted octanol–water partition coefficient (Wildman–Crippen LogP) is 0.331. The van der Waals surface area contributed by atoms with Gasteiger partial charge in [-0.3, -0.25) is 10.1 Å². The molecule has 2 amide bonds. The Morgan fingerprint density at radius 3 is 2.73 bits per heavy atom. The van der Waals surface area contributed by atoms with Crippen molar-refractivity contribution in [1.29, 1.82) is 0 Å². The van der Waals surface area contributed by atoms with Crippen molar-refractivity contribution in [2.24, 2.45) is 0 Å². The summed E-state index contributed by atoms with van der Waals surface area (Å²) in [6.07, 6.45) is 0.756. The number of nitrogens with one attached hydrogen (secondary N) is 1. The average molecular weight is 159 g/mol. The van der Waals surface area contributed by atoms with Crippen LogP contribution in [0.3, 0.4) is 0 Å². The summed E-state index contributed by atoms with van der Waals surface area (Å²) in [5.41, 5.74) is 0. The van der Waals surface area contributed by atoms with Crippen molar-refractivity contribution in [3.8, 4) is 0 Å². The number of imide groups is 1. The van der Waals surface area contributed by atoms with Crippen molar-refractivity contribution in [2.75, 3.05) is 6.61 Å². The highest BCUT2D eigenvalue weighted by molar-refractivity contribution is 5.97. The average Bonchev–Trinajstić information content (AvgIpc) is 1.86. The zero-order valence-electron chi connectivity index (χ0n) is 6.03. The summed E-state index contributed by atoms with van der Waals surface area (Å²) in [6.45, 7) is 2.19. The van der Waals surface area contributed by atoms with Crippen LogP contribution in [0.1, 0.15) is 6.92 Å². The van der Waals surface area contributed by atoms with Gasteiger partial charge in [0.15, 0.2) is 0 Å². The standard InChI is InChI=1S/C6H9NO4/c1-2-11-4-3-5(8)7-6(9)10/h3-4H,2H2,1H3,(H,7,8)(H,9,10). The second kappa shape index (κ2) is 5.28. The second-order valence-corrected chi connectivity index (χ2v) is 1.55. The van der Waals surface area contributed by atoms with E-state index in [1.165, 1.54) is 0 Å². The Kier molecular flexibility index (Phi) is 4.55. The van der Waals surface area contributed by atoms with Gasteiger partial charge in [0.2, 0.25) is 0 Å². The molecule has 0 rings (SSSR count). The lowest BCUT2D eigenvalue weighted by molar-refractivity contribution is -0.115. The summed E-state index contributed by atoms with van der Waals surface area (Å²) >= 11 is 0. The highest BCUT2D eigenvalue weighted by atomic mass is 16.5. The van der Waals surface area contributed by atoms with Crippen LogP contribution < -0.4 is 5.32 Å². The largest absolute Gasteiger partial charge is 0.501 e. The Balaban J connectivity index is 3.60. The molecule has 0 saturated heterocycles. The Labute approximate surface area is 63.7 Å². The van der Waals surface area contributed by atoms with Crippen LogP contribution in [0.2, 0.25) is 0 Å². The van der Waals surface area contributed by atoms with Gasteiger partial charge in [0.1, 0.15) is 0 Å². The zero-order valence-corrected chi connectivity index (χ0v) is 6.03. The lowest BCUT2D eigenvalue weighted by Gasteiger charge is -1.93. The molecule has 0 saturated carbocycles. The third kappa shape index (κ3) is 6.36. The van der Waals surface area contributed by atoms with Gasteiger partial charge in [-0.15, -0.1) is 0 Å². The van der Waals surface area contributed by atoms with Crippen LogP contribution in [0.5, 0.6) is 0 Å². The molecule has 62 valence electrons. The number of carbonyl (C=O) groups excluding carboxylic acids is 1. The minimum Gasteiger partial charge on any atom is -0.501 e. The summed E-state index contributed by atoms with van der Waals surface area (Å²) in [6, 6.07) is 0. The van der Waals surface area contributed by atoms with E-state index in [-0.39, 0.29) is 0 Å². The third-order valence-electron chi connectivity index (χ3n) is 0.712. The Hall–Kier alpha value is -1.52. The Morgan fingerprint density at radius 2 is 2.27 bits per heavy atom. The molecule has 0 aromatic heterocycles. The van der Waals surface area contributed by atoms with Gasteiger partial charge < -0.3 is 9.84 Å². The van der Waals surface area contributed by atoms with E-state index in [4.69, 9.17) is 5.11 Å². The maximum Gasteiger partial charge on any atom is 0.411 e. The van der Waals surface area contributed by atoms with E-state index in [1.807, 2.05) is 0 Å². The molecule has 2 N–H and O–H groups in total. The van der Waals surface area contributed by atoms with Gasteiger partial charge in [-0.05, 0) is 6.92 Å². The first-order chi connectivity index (χ1) is 5.16. The molecule has 0 heterocycles. The lowest BCUT2D eigenvalue weighted by atomic mass is 10.6. The van der Waals surface area contributed by atoms with Gasteiger partial charge >= 0.3 is 6.09 Å². The summed E-state index contributed by atoms with van der Waals surface area (Å²) < 4.78 is 4.65. The quantitative estimate of drug-likeness (QED) is 0.459. The molecule has 0 bridgehead atoms. The number of rotatable bonds is 3. The number of hydrogen-bond donors (Lipinski definition) is 2. The van der Waals surface area contributed by atoms with Crippen LogP contribution in [-0.4, -0.2) is 23.7 Å². The van der Waals surface area contributed by atoms with Crippen LogP contribution in [0.4, 0.5) is 4.79 Å². The summed E-state index contributed by atoms with van der Waals surface area (Å²) in [4.78, 5) is 20.3. The fourth-order valence-corrected chi connectivity index (χ4v) is 0.353. The van der Waals surface area contributed by atoms with Crippen molar-refractivity contribution in [1.82, 2.24) is 5.32 Å². The van der Waals surface area contributed by atoms with E-state index in [1.54, 1.807) is 12.2 Å². The number of carboxylic acid groups (broad SMARTS) is 1. The number of ether oxygens (including phenoxy) is 1. The van der Waals surface area contributed by atoms with Crippen LogP contribution in [-0.2, 0) is 9.53 Å². The highest BCUT2D eigenvalue weighted by Crippen LogP contribution is 1.76. The molecule has 11 heavy (non-hydrogen) atoms. The van der Waals surface area contributed by atoms with Gasteiger partial charge in [-0.25, -0.2) is 4.79 Å². The molecule has 0 fully saturated rings. The fourth-order valence-electron chi connectivity index (χ4n) is 0.353. The van der Waals surface area contributed by atoms with Gasteiger partial charge in [0.05, 0.1) is 12.9 Å². The van der Waals surface area contributed by atoms with E-state index >= 15 is 0 Å². The molecule has 0 aromatic carbocycles. The first kappa shape index (κ1) is 9.48. The van der Waals surface area contributed by atoms with Crippen LogP contribution >= 0.6 is 0 Å². The van der Waals surface area contributed by atoms with Crippen molar-refractivity contribution in [2.45, 2.75) is 6.92 Å². The van der Waals surface area contributed by atoms with E-state index < -0.39 is 12.0 Å². The van der Waals surface area contributed by atoms with Crippen molar-refractivity contribution in [3.05, 3.63) is 12.3 Å². The Bertz CT molecular complexity index is 175. The maximum atomic E-state index is 10.5. The number of amides is 2. The molecule has 0 spiro atoms. The SMILES string of the molecule is CCOC=CC(=O)NC(=O)O. The van der Waals surface area contributed by atoms with E-state index in [2.05, 4.69) is 4.74 Å². The smallest absolute Gasteiger partial charge is 0.411 e. The molecule has 5 nitrogen and oxygen atoms in total. The molecule has 0 aliphatic carbocycles. The second-order valence-electron chi connectivity index (χ2n) is 1.55. The van der Waals surface area contributed by atoms with E-state index in [9.17, 15) is 9.59 Å². The lowest BCUT2D eigenvalue weighted by Crippen LogP contribution is -2.26. The first-order valence-corrected chi connectivity index (χ1v) is 2.99. The minimum atomic E-state index is -1.38. The maximum absolute atomic E-state index is 10.5. The molecule has 0 unspecified atom stereocenters. The molecular weight excluding hydrogens is 150 g/mol. The zero-order chi connectivity index (χ0) is 8.69. The molecule has 0 aliphatic heterocycles. The van der Waals surface area contributed by atoms with Gasteiger partial charge in [0, 0.05) is 6.08 Å².